The lowest BCUT2D eigenvalue weighted by molar-refractivity contribution is -0.139. The van der Waals surface area contributed by atoms with Crippen LogP contribution in [0.2, 0.25) is 0 Å². The van der Waals surface area contributed by atoms with E-state index in [1.807, 2.05) is 12.1 Å². The molecule has 3 saturated heterocycles. The number of piperidine rings is 1. The van der Waals surface area contributed by atoms with Crippen molar-refractivity contribution < 1.29 is 9.53 Å². The third-order valence-corrected chi connectivity index (χ3v) is 9.61. The van der Waals surface area contributed by atoms with Crippen LogP contribution in [0, 0.1) is 17.3 Å². The van der Waals surface area contributed by atoms with Crippen molar-refractivity contribution in [2.75, 3.05) is 39.8 Å². The molecule has 1 spiro atoms. The van der Waals surface area contributed by atoms with Gasteiger partial charge in [-0.05, 0) is 73.9 Å². The number of benzene rings is 2. The summed E-state index contributed by atoms with van der Waals surface area (Å²) in [4.78, 5) is 18.5. The van der Waals surface area contributed by atoms with E-state index in [-0.39, 0.29) is 30.2 Å². The summed E-state index contributed by atoms with van der Waals surface area (Å²) in [5, 5.41) is 3.73. The van der Waals surface area contributed by atoms with Crippen molar-refractivity contribution in [3.63, 3.8) is 0 Å². The van der Waals surface area contributed by atoms with Crippen LogP contribution >= 0.6 is 24.8 Å². The van der Waals surface area contributed by atoms with E-state index in [0.29, 0.717) is 30.3 Å². The number of hydrogen-bond donors (Lipinski definition) is 1. The maximum absolute atomic E-state index is 13.6. The highest BCUT2D eigenvalue weighted by atomic mass is 35.5. The fourth-order valence-corrected chi connectivity index (χ4v) is 7.20. The van der Waals surface area contributed by atoms with Crippen molar-refractivity contribution in [3.05, 3.63) is 65.7 Å². The summed E-state index contributed by atoms with van der Waals surface area (Å²) in [5.41, 5.74) is 2.53. The Bertz CT molecular complexity index is 1040. The second-order valence-corrected chi connectivity index (χ2v) is 11.7. The molecule has 6 rings (SSSR count). The lowest BCUT2D eigenvalue weighted by Gasteiger charge is -2.44. The molecule has 2 aromatic carbocycles. The number of amides is 1. The van der Waals surface area contributed by atoms with Crippen molar-refractivity contribution in [2.45, 2.75) is 57.0 Å². The van der Waals surface area contributed by atoms with Crippen LogP contribution < -0.4 is 10.1 Å². The van der Waals surface area contributed by atoms with Gasteiger partial charge in [-0.25, -0.2) is 0 Å². The maximum atomic E-state index is 13.6. The number of hydrogen-bond acceptors (Lipinski definition) is 4. The summed E-state index contributed by atoms with van der Waals surface area (Å²) < 4.78 is 5.29. The van der Waals surface area contributed by atoms with Gasteiger partial charge in [0.1, 0.15) is 5.75 Å². The van der Waals surface area contributed by atoms with Gasteiger partial charge < -0.3 is 15.0 Å². The number of carbonyl (C=O) groups is 1. The molecule has 0 radical (unpaired) electrons. The monoisotopic (exact) mass is 559 g/mol. The van der Waals surface area contributed by atoms with Crippen LogP contribution in [0.4, 0.5) is 0 Å². The fourth-order valence-electron chi connectivity index (χ4n) is 7.20. The highest BCUT2D eigenvalue weighted by molar-refractivity contribution is 5.86. The predicted octanol–water partition coefficient (Wildman–Crippen LogP) is 5.53. The smallest absolute Gasteiger partial charge is 0.229 e. The van der Waals surface area contributed by atoms with E-state index in [2.05, 4.69) is 57.6 Å². The van der Waals surface area contributed by atoms with Gasteiger partial charge in [0.05, 0.1) is 12.5 Å². The number of rotatable bonds is 8. The van der Waals surface area contributed by atoms with Gasteiger partial charge in [0.15, 0.2) is 0 Å². The number of ether oxygens (including phenoxy) is 1. The summed E-state index contributed by atoms with van der Waals surface area (Å²) >= 11 is 0. The highest BCUT2D eigenvalue weighted by Crippen LogP contribution is 2.46. The molecule has 0 bridgehead atoms. The zero-order valence-electron chi connectivity index (χ0n) is 22.5. The zero-order chi connectivity index (χ0) is 24.5. The molecule has 2 aromatic rings. The van der Waals surface area contributed by atoms with Crippen LogP contribution in [0.1, 0.15) is 55.6 Å². The number of methoxy groups -OCH3 is 1. The number of nitrogens with one attached hydrogen (secondary N) is 1. The Kier molecular flexibility index (Phi) is 9.67. The van der Waals surface area contributed by atoms with Crippen LogP contribution in [0.5, 0.6) is 5.75 Å². The molecule has 3 aliphatic heterocycles. The van der Waals surface area contributed by atoms with Crippen molar-refractivity contribution in [2.24, 2.45) is 17.3 Å². The minimum absolute atomic E-state index is 0. The van der Waals surface area contributed by atoms with Crippen LogP contribution in [0.3, 0.4) is 0 Å². The molecule has 3 atom stereocenters. The second kappa shape index (κ2) is 12.6. The van der Waals surface area contributed by atoms with Crippen molar-refractivity contribution in [1.29, 1.82) is 0 Å². The molecule has 5 nitrogen and oxygen atoms in total. The standard InChI is InChI=1S/C31H41N3O2.2ClH/c1-36-26-11-9-24(10-12-26)22-34-18-15-31(30(34)35)13-16-33(17-14-31)29(19-23-7-8-23)28-21-32-20-27(28)25-5-3-2-4-6-25;;/h2-6,9-12,23,27-29,32H,7-8,13-22H2,1H3;2*1H/t27-,28-,29?;;/m1../s1. The molecule has 7 heteroatoms. The lowest BCUT2D eigenvalue weighted by Crippen LogP contribution is -2.51. The first kappa shape index (κ1) is 29.2. The Hall–Kier alpha value is -1.79. The van der Waals surface area contributed by atoms with E-state index in [4.69, 9.17) is 4.74 Å². The van der Waals surface area contributed by atoms with Gasteiger partial charge in [-0.1, -0.05) is 55.3 Å². The lowest BCUT2D eigenvalue weighted by atomic mass is 9.75. The van der Waals surface area contributed by atoms with Crippen LogP contribution in [-0.4, -0.2) is 61.6 Å². The maximum Gasteiger partial charge on any atom is 0.229 e. The number of halogens is 2. The van der Waals surface area contributed by atoms with E-state index >= 15 is 0 Å². The Labute approximate surface area is 240 Å². The Morgan fingerprint density at radius 3 is 2.29 bits per heavy atom. The molecule has 4 aliphatic rings. The molecule has 0 aromatic heterocycles. The third-order valence-electron chi connectivity index (χ3n) is 9.61. The van der Waals surface area contributed by atoms with Gasteiger partial charge in [0, 0.05) is 38.1 Å². The summed E-state index contributed by atoms with van der Waals surface area (Å²) in [5.74, 6) is 3.42. The van der Waals surface area contributed by atoms with Gasteiger partial charge >= 0.3 is 0 Å². The molecule has 1 amide bonds. The van der Waals surface area contributed by atoms with Gasteiger partial charge in [-0.15, -0.1) is 24.8 Å². The minimum atomic E-state index is -0.139. The van der Waals surface area contributed by atoms with Crippen LogP contribution in [0.15, 0.2) is 54.6 Å². The molecule has 38 heavy (non-hydrogen) atoms. The highest BCUT2D eigenvalue weighted by Gasteiger charge is 2.50. The van der Waals surface area contributed by atoms with Gasteiger partial charge in [0.2, 0.25) is 5.91 Å². The van der Waals surface area contributed by atoms with Crippen molar-refractivity contribution in [3.8, 4) is 5.75 Å². The molecular weight excluding hydrogens is 517 g/mol. The van der Waals surface area contributed by atoms with E-state index in [0.717, 1.165) is 63.7 Å². The summed E-state index contributed by atoms with van der Waals surface area (Å²) in [7, 11) is 1.69. The first-order chi connectivity index (χ1) is 17.6. The minimum Gasteiger partial charge on any atom is -0.497 e. The number of likely N-dealkylation sites (tertiary alicyclic amines) is 2. The Morgan fingerprint density at radius 2 is 1.63 bits per heavy atom. The first-order valence-electron chi connectivity index (χ1n) is 14.1. The average molecular weight is 561 g/mol. The Balaban J connectivity index is 0.00000168. The molecule has 1 aliphatic carbocycles. The van der Waals surface area contributed by atoms with Crippen molar-refractivity contribution >= 4 is 30.7 Å². The Morgan fingerprint density at radius 1 is 0.947 bits per heavy atom. The molecule has 1 unspecified atom stereocenters. The first-order valence-corrected chi connectivity index (χ1v) is 14.1. The van der Waals surface area contributed by atoms with Gasteiger partial charge in [-0.3, -0.25) is 9.69 Å². The van der Waals surface area contributed by atoms with Crippen LogP contribution in [0.25, 0.3) is 0 Å². The van der Waals surface area contributed by atoms with Gasteiger partial charge in [0.25, 0.3) is 0 Å². The molecule has 1 saturated carbocycles. The summed E-state index contributed by atoms with van der Waals surface area (Å²) in [6.45, 7) is 5.94. The molecule has 1 N–H and O–H groups in total. The SMILES string of the molecule is COc1ccc(CN2CCC3(CCN(C(CC4CC4)[C@@H]4CNC[C@@H]4c4ccccc4)CC3)C2=O)cc1.Cl.Cl. The zero-order valence-corrected chi connectivity index (χ0v) is 24.2. The van der Waals surface area contributed by atoms with Gasteiger partial charge in [-0.2, -0.15) is 0 Å². The third kappa shape index (κ3) is 6.01. The number of carbonyl (C=O) groups excluding carboxylic acids is 1. The molecular formula is C31H43Cl2N3O2. The van der Waals surface area contributed by atoms with E-state index in [1.165, 1.54) is 30.4 Å². The summed E-state index contributed by atoms with van der Waals surface area (Å²) in [6, 6.07) is 19.9. The van der Waals surface area contributed by atoms with E-state index < -0.39 is 0 Å². The molecule has 4 fully saturated rings. The van der Waals surface area contributed by atoms with Crippen LogP contribution in [-0.2, 0) is 11.3 Å². The number of nitrogens with zero attached hydrogens (tertiary/aromatic N) is 2. The van der Waals surface area contributed by atoms with E-state index in [9.17, 15) is 4.79 Å². The molecule has 3 heterocycles. The predicted molar refractivity (Wildman–Crippen MR) is 157 cm³/mol. The average Bonchev–Trinajstić information content (AvgIpc) is 3.54. The second-order valence-electron chi connectivity index (χ2n) is 11.7. The normalized spacial score (nSPS) is 25.6. The van der Waals surface area contributed by atoms with Crippen molar-refractivity contribution in [1.82, 2.24) is 15.1 Å². The quantitative estimate of drug-likeness (QED) is 0.462. The largest absolute Gasteiger partial charge is 0.497 e. The topological polar surface area (TPSA) is 44.8 Å². The summed E-state index contributed by atoms with van der Waals surface area (Å²) in [6.07, 6.45) is 7.19. The fraction of sp³-hybridized carbons (Fsp3) is 0.581. The molecule has 208 valence electrons. The van der Waals surface area contributed by atoms with E-state index in [1.54, 1.807) is 7.11 Å².